The van der Waals surface area contributed by atoms with Gasteiger partial charge < -0.3 is 15.5 Å². The molecule has 0 radical (unpaired) electrons. The highest BCUT2D eigenvalue weighted by Gasteiger charge is 2.23. The molecule has 1 aliphatic heterocycles. The first-order valence-electron chi connectivity index (χ1n) is 7.95. The van der Waals surface area contributed by atoms with Gasteiger partial charge in [-0.3, -0.25) is 0 Å². The molecular weight excluding hydrogens is 262 g/mol. The molecule has 1 saturated heterocycles. The summed E-state index contributed by atoms with van der Waals surface area (Å²) >= 11 is 0. The number of hydrogen-bond acceptors (Lipinski definition) is 2. The number of benzene rings is 1. The fraction of sp³-hybridized carbons (Fsp3) is 0.588. The van der Waals surface area contributed by atoms with Gasteiger partial charge in [0.2, 0.25) is 0 Å². The molecule has 1 aliphatic rings. The third-order valence-corrected chi connectivity index (χ3v) is 3.91. The lowest BCUT2D eigenvalue weighted by molar-refractivity contribution is 0.163. The van der Waals surface area contributed by atoms with Gasteiger partial charge in [-0.25, -0.2) is 4.79 Å². The van der Waals surface area contributed by atoms with Gasteiger partial charge in [0.1, 0.15) is 0 Å². The minimum atomic E-state index is 0.0631. The van der Waals surface area contributed by atoms with Gasteiger partial charge in [-0.2, -0.15) is 0 Å². The Morgan fingerprint density at radius 1 is 1.33 bits per heavy atom. The molecule has 1 aromatic carbocycles. The van der Waals surface area contributed by atoms with Crippen LogP contribution in [0.5, 0.6) is 0 Å². The average Bonchev–Trinajstić information content (AvgIpc) is 2.52. The number of rotatable bonds is 5. The zero-order valence-corrected chi connectivity index (χ0v) is 13.1. The van der Waals surface area contributed by atoms with E-state index < -0.39 is 0 Å². The molecule has 1 heterocycles. The highest BCUT2D eigenvalue weighted by molar-refractivity contribution is 5.74. The summed E-state index contributed by atoms with van der Waals surface area (Å²) in [5.74, 6) is 0.573. The lowest BCUT2D eigenvalue weighted by atomic mass is 9.98. The van der Waals surface area contributed by atoms with E-state index in [1.54, 1.807) is 0 Å². The lowest BCUT2D eigenvalue weighted by Gasteiger charge is -2.33. The van der Waals surface area contributed by atoms with E-state index >= 15 is 0 Å². The molecule has 21 heavy (non-hydrogen) atoms. The van der Waals surface area contributed by atoms with Crippen molar-refractivity contribution < 1.29 is 4.79 Å². The van der Waals surface area contributed by atoms with Crippen LogP contribution >= 0.6 is 0 Å². The van der Waals surface area contributed by atoms with E-state index in [-0.39, 0.29) is 6.03 Å². The molecule has 1 atom stereocenters. The van der Waals surface area contributed by atoms with Crippen LogP contribution in [0.1, 0.15) is 32.3 Å². The molecule has 4 heteroatoms. The topological polar surface area (TPSA) is 44.4 Å². The van der Waals surface area contributed by atoms with Crippen LogP contribution in [0.25, 0.3) is 0 Å². The lowest BCUT2D eigenvalue weighted by Crippen LogP contribution is -2.47. The molecule has 0 aromatic heterocycles. The zero-order chi connectivity index (χ0) is 15.1. The van der Waals surface area contributed by atoms with Gasteiger partial charge in [0.25, 0.3) is 0 Å². The van der Waals surface area contributed by atoms with Crippen molar-refractivity contribution in [1.29, 1.82) is 0 Å². The van der Waals surface area contributed by atoms with Crippen LogP contribution in [-0.2, 0) is 6.54 Å². The monoisotopic (exact) mass is 289 g/mol. The minimum Gasteiger partial charge on any atom is -0.334 e. The predicted octanol–water partition coefficient (Wildman–Crippen LogP) is 2.61. The molecule has 4 nitrogen and oxygen atoms in total. The van der Waals surface area contributed by atoms with Gasteiger partial charge in [0, 0.05) is 25.7 Å². The number of amides is 2. The fourth-order valence-electron chi connectivity index (χ4n) is 2.70. The van der Waals surface area contributed by atoms with Crippen molar-refractivity contribution in [3.05, 3.63) is 35.9 Å². The highest BCUT2D eigenvalue weighted by Crippen LogP contribution is 2.16. The van der Waals surface area contributed by atoms with Crippen LogP contribution in [0.3, 0.4) is 0 Å². The van der Waals surface area contributed by atoms with E-state index in [4.69, 9.17) is 0 Å². The summed E-state index contributed by atoms with van der Waals surface area (Å²) in [6.07, 6.45) is 2.31. The van der Waals surface area contributed by atoms with Gasteiger partial charge in [-0.15, -0.1) is 0 Å². The highest BCUT2D eigenvalue weighted by atomic mass is 16.2. The van der Waals surface area contributed by atoms with E-state index in [1.807, 2.05) is 35.2 Å². The van der Waals surface area contributed by atoms with Gasteiger partial charge in [0.05, 0.1) is 0 Å². The molecule has 1 unspecified atom stereocenters. The molecular formula is C17H27N3O. The van der Waals surface area contributed by atoms with Crippen molar-refractivity contribution in [2.24, 2.45) is 5.92 Å². The van der Waals surface area contributed by atoms with E-state index in [1.165, 1.54) is 6.42 Å². The molecule has 0 aliphatic carbocycles. The van der Waals surface area contributed by atoms with Crippen molar-refractivity contribution in [2.75, 3.05) is 19.6 Å². The molecule has 2 amide bonds. The van der Waals surface area contributed by atoms with Gasteiger partial charge in [-0.1, -0.05) is 44.2 Å². The maximum absolute atomic E-state index is 12.2. The maximum Gasteiger partial charge on any atom is 0.317 e. The van der Waals surface area contributed by atoms with Crippen molar-refractivity contribution in [2.45, 2.75) is 39.3 Å². The normalized spacial score (nSPS) is 18.8. The first-order valence-corrected chi connectivity index (χ1v) is 7.95. The number of carbonyl (C=O) groups excluding carboxylic acids is 1. The second kappa shape index (κ2) is 8.03. The zero-order valence-electron chi connectivity index (χ0n) is 13.1. The Hall–Kier alpha value is -1.55. The summed E-state index contributed by atoms with van der Waals surface area (Å²) in [6.45, 7) is 7.66. The van der Waals surface area contributed by atoms with Gasteiger partial charge in [0.15, 0.2) is 0 Å². The Labute approximate surface area is 127 Å². The molecule has 0 bridgehead atoms. The van der Waals surface area contributed by atoms with E-state index in [0.717, 1.165) is 31.6 Å². The van der Waals surface area contributed by atoms with E-state index in [0.29, 0.717) is 18.5 Å². The third kappa shape index (κ3) is 5.38. The van der Waals surface area contributed by atoms with Crippen LogP contribution in [0, 0.1) is 5.92 Å². The molecule has 2 rings (SSSR count). The Balaban J connectivity index is 1.76. The Morgan fingerprint density at radius 2 is 2.10 bits per heavy atom. The smallest absolute Gasteiger partial charge is 0.317 e. The summed E-state index contributed by atoms with van der Waals surface area (Å²) in [5.41, 5.74) is 1.14. The molecule has 116 valence electrons. The quantitative estimate of drug-likeness (QED) is 0.875. The molecule has 1 aromatic rings. The molecule has 2 N–H and O–H groups in total. The number of hydrogen-bond donors (Lipinski definition) is 2. The van der Waals surface area contributed by atoms with Crippen LogP contribution < -0.4 is 10.6 Å². The van der Waals surface area contributed by atoms with Crippen LogP contribution in [0.15, 0.2) is 30.3 Å². The largest absolute Gasteiger partial charge is 0.334 e. The number of piperidine rings is 1. The molecule has 0 spiro atoms. The minimum absolute atomic E-state index is 0.0631. The Kier molecular flexibility index (Phi) is 6.05. The van der Waals surface area contributed by atoms with Crippen LogP contribution in [-0.4, -0.2) is 36.6 Å². The van der Waals surface area contributed by atoms with Crippen molar-refractivity contribution in [1.82, 2.24) is 15.5 Å². The first kappa shape index (κ1) is 15.8. The SMILES string of the molecule is CC(C)NCC1CCCN(C(=O)NCc2ccccc2)C1. The van der Waals surface area contributed by atoms with Crippen molar-refractivity contribution in [3.8, 4) is 0 Å². The fourth-order valence-corrected chi connectivity index (χ4v) is 2.70. The van der Waals surface area contributed by atoms with Gasteiger partial charge in [-0.05, 0) is 30.9 Å². The third-order valence-electron chi connectivity index (χ3n) is 3.91. The number of likely N-dealkylation sites (tertiary alicyclic amines) is 1. The summed E-state index contributed by atoms with van der Waals surface area (Å²) in [6, 6.07) is 10.6. The number of urea groups is 1. The Morgan fingerprint density at radius 3 is 2.81 bits per heavy atom. The van der Waals surface area contributed by atoms with Crippen molar-refractivity contribution in [3.63, 3.8) is 0 Å². The predicted molar refractivity (Wildman–Crippen MR) is 86.1 cm³/mol. The van der Waals surface area contributed by atoms with E-state index in [2.05, 4.69) is 24.5 Å². The maximum atomic E-state index is 12.2. The second-order valence-corrected chi connectivity index (χ2v) is 6.16. The Bertz CT molecular complexity index is 433. The van der Waals surface area contributed by atoms with E-state index in [9.17, 15) is 4.79 Å². The van der Waals surface area contributed by atoms with Gasteiger partial charge >= 0.3 is 6.03 Å². The standard InChI is InChI=1S/C17H27N3O/c1-14(2)18-12-16-9-6-10-20(13-16)17(21)19-11-15-7-4-3-5-8-15/h3-5,7-8,14,16,18H,6,9-13H2,1-2H3,(H,19,21). The summed E-state index contributed by atoms with van der Waals surface area (Å²) < 4.78 is 0. The first-order chi connectivity index (χ1) is 10.1. The number of nitrogens with zero attached hydrogens (tertiary/aromatic N) is 1. The summed E-state index contributed by atoms with van der Waals surface area (Å²) in [7, 11) is 0. The molecule has 0 saturated carbocycles. The summed E-state index contributed by atoms with van der Waals surface area (Å²) in [5, 5.41) is 6.49. The average molecular weight is 289 g/mol. The van der Waals surface area contributed by atoms with Crippen LogP contribution in [0.4, 0.5) is 4.79 Å². The van der Waals surface area contributed by atoms with Crippen molar-refractivity contribution >= 4 is 6.03 Å². The molecule has 1 fully saturated rings. The summed E-state index contributed by atoms with van der Waals surface area (Å²) in [4.78, 5) is 14.2. The second-order valence-electron chi connectivity index (χ2n) is 6.16. The van der Waals surface area contributed by atoms with Crippen LogP contribution in [0.2, 0.25) is 0 Å². The number of carbonyl (C=O) groups is 1. The number of nitrogens with one attached hydrogen (secondary N) is 2.